The molecule has 174 valence electrons. The fourth-order valence-electron chi connectivity index (χ4n) is 3.97. The normalized spacial score (nSPS) is 17.2. The number of pyridine rings is 1. The summed E-state index contributed by atoms with van der Waals surface area (Å²) in [5, 5.41) is 11.2. The van der Waals surface area contributed by atoms with Crippen molar-refractivity contribution in [2.24, 2.45) is 0 Å². The zero-order chi connectivity index (χ0) is 24.1. The SMILES string of the molecule is CCCCOc1cccc(/C(O)=C2\C(=O)C(=O)N(Cc3ccncc3)C2c2ccccc2F)c1. The molecule has 7 heteroatoms. The van der Waals surface area contributed by atoms with Crippen molar-refractivity contribution < 1.29 is 23.8 Å². The molecule has 1 fully saturated rings. The lowest BCUT2D eigenvalue weighted by Crippen LogP contribution is -2.29. The summed E-state index contributed by atoms with van der Waals surface area (Å²) in [4.78, 5) is 31.4. The molecule has 0 saturated carbocycles. The van der Waals surface area contributed by atoms with Crippen molar-refractivity contribution in [3.05, 3.63) is 101 Å². The predicted molar refractivity (Wildman–Crippen MR) is 125 cm³/mol. The van der Waals surface area contributed by atoms with Crippen LogP contribution in [-0.4, -0.2) is 33.3 Å². The molecule has 1 aromatic heterocycles. The van der Waals surface area contributed by atoms with E-state index in [9.17, 15) is 19.1 Å². The van der Waals surface area contributed by atoms with Gasteiger partial charge in [0, 0.05) is 30.1 Å². The van der Waals surface area contributed by atoms with Crippen LogP contribution in [0.5, 0.6) is 5.75 Å². The molecule has 1 saturated heterocycles. The third kappa shape index (κ3) is 4.69. The topological polar surface area (TPSA) is 79.7 Å². The number of amides is 1. The highest BCUT2D eigenvalue weighted by Crippen LogP contribution is 2.41. The van der Waals surface area contributed by atoms with E-state index in [1.807, 2.05) is 0 Å². The second kappa shape index (κ2) is 10.3. The van der Waals surface area contributed by atoms with E-state index in [1.54, 1.807) is 54.9 Å². The number of hydrogen-bond acceptors (Lipinski definition) is 5. The lowest BCUT2D eigenvalue weighted by atomic mass is 9.94. The van der Waals surface area contributed by atoms with Crippen LogP contribution in [0.1, 0.15) is 42.5 Å². The Morgan fingerprint density at radius 2 is 1.85 bits per heavy atom. The first-order valence-electron chi connectivity index (χ1n) is 11.2. The maximum atomic E-state index is 14.9. The third-order valence-corrected chi connectivity index (χ3v) is 5.72. The lowest BCUT2D eigenvalue weighted by molar-refractivity contribution is -0.140. The number of rotatable bonds is 8. The molecule has 0 spiro atoms. The molecule has 1 aliphatic heterocycles. The van der Waals surface area contributed by atoms with Gasteiger partial charge in [-0.15, -0.1) is 0 Å². The molecule has 0 aliphatic carbocycles. The Morgan fingerprint density at radius 1 is 1.09 bits per heavy atom. The van der Waals surface area contributed by atoms with Crippen molar-refractivity contribution in [1.82, 2.24) is 9.88 Å². The molecule has 1 atom stereocenters. The van der Waals surface area contributed by atoms with Crippen molar-refractivity contribution in [3.63, 3.8) is 0 Å². The molecule has 4 rings (SSSR count). The number of ether oxygens (including phenoxy) is 1. The van der Waals surface area contributed by atoms with Gasteiger partial charge in [-0.3, -0.25) is 14.6 Å². The summed E-state index contributed by atoms with van der Waals surface area (Å²) in [6.07, 6.45) is 5.01. The van der Waals surface area contributed by atoms with Gasteiger partial charge in [0.25, 0.3) is 11.7 Å². The monoisotopic (exact) mass is 460 g/mol. The Hall–Kier alpha value is -4.00. The summed E-state index contributed by atoms with van der Waals surface area (Å²) >= 11 is 0. The van der Waals surface area contributed by atoms with Crippen LogP contribution in [0.25, 0.3) is 5.76 Å². The fraction of sp³-hybridized carbons (Fsp3) is 0.222. The summed E-state index contributed by atoms with van der Waals surface area (Å²) in [5.74, 6) is -2.08. The van der Waals surface area contributed by atoms with E-state index in [1.165, 1.54) is 23.1 Å². The Labute approximate surface area is 197 Å². The van der Waals surface area contributed by atoms with Gasteiger partial charge in [0.05, 0.1) is 18.2 Å². The minimum Gasteiger partial charge on any atom is -0.507 e. The number of carbonyl (C=O) groups is 2. The summed E-state index contributed by atoms with van der Waals surface area (Å²) < 4.78 is 20.6. The Morgan fingerprint density at radius 3 is 2.59 bits per heavy atom. The van der Waals surface area contributed by atoms with Crippen LogP contribution in [0.4, 0.5) is 4.39 Å². The first-order chi connectivity index (χ1) is 16.5. The van der Waals surface area contributed by atoms with Gasteiger partial charge >= 0.3 is 0 Å². The molecular formula is C27H25FN2O4. The van der Waals surface area contributed by atoms with Crippen molar-refractivity contribution in [2.45, 2.75) is 32.4 Å². The fourth-order valence-corrected chi connectivity index (χ4v) is 3.97. The highest BCUT2D eigenvalue weighted by atomic mass is 19.1. The van der Waals surface area contributed by atoms with Gasteiger partial charge in [-0.1, -0.05) is 43.7 Å². The highest BCUT2D eigenvalue weighted by Gasteiger charge is 2.46. The van der Waals surface area contributed by atoms with Crippen LogP contribution in [0.15, 0.2) is 78.6 Å². The number of nitrogens with zero attached hydrogens (tertiary/aromatic N) is 2. The predicted octanol–water partition coefficient (Wildman–Crippen LogP) is 5.02. The van der Waals surface area contributed by atoms with Crippen LogP contribution in [0.3, 0.4) is 0 Å². The van der Waals surface area contributed by atoms with Crippen LogP contribution < -0.4 is 4.74 Å². The summed E-state index contributed by atoms with van der Waals surface area (Å²) in [6.45, 7) is 2.63. The molecule has 6 nitrogen and oxygen atoms in total. The van der Waals surface area contributed by atoms with Gasteiger partial charge in [-0.2, -0.15) is 0 Å². The number of hydrogen-bond donors (Lipinski definition) is 1. The molecule has 0 bridgehead atoms. The number of aliphatic hydroxyl groups excluding tert-OH is 1. The lowest BCUT2D eigenvalue weighted by Gasteiger charge is -2.25. The standard InChI is InChI=1S/C27H25FN2O4/c1-2-3-15-34-20-8-6-7-19(16-20)25(31)23-24(21-9-4-5-10-22(21)28)30(27(33)26(23)32)17-18-11-13-29-14-12-18/h4-14,16,24,31H,2-3,15,17H2,1H3/b25-23+. The molecule has 34 heavy (non-hydrogen) atoms. The minimum atomic E-state index is -1.08. The summed E-state index contributed by atoms with van der Waals surface area (Å²) in [7, 11) is 0. The molecule has 1 N–H and O–H groups in total. The van der Waals surface area contributed by atoms with Gasteiger partial charge in [0.15, 0.2) is 0 Å². The number of carbonyl (C=O) groups excluding carboxylic acids is 2. The number of aromatic nitrogens is 1. The second-order valence-electron chi connectivity index (χ2n) is 8.03. The first kappa shape index (κ1) is 23.2. The van der Waals surface area contributed by atoms with Crippen LogP contribution in [0.2, 0.25) is 0 Å². The number of Topliss-reactive ketones (excluding diaryl/α,β-unsaturated/α-hetero) is 1. The van der Waals surface area contributed by atoms with Crippen molar-refractivity contribution in [3.8, 4) is 5.75 Å². The van der Waals surface area contributed by atoms with Gasteiger partial charge in [0.1, 0.15) is 17.3 Å². The van der Waals surface area contributed by atoms with Gasteiger partial charge in [0.2, 0.25) is 0 Å². The van der Waals surface area contributed by atoms with E-state index >= 15 is 0 Å². The number of unbranched alkanes of at least 4 members (excludes halogenated alkanes) is 1. The zero-order valence-electron chi connectivity index (χ0n) is 18.8. The number of likely N-dealkylation sites (tertiary alicyclic amines) is 1. The second-order valence-corrected chi connectivity index (χ2v) is 8.03. The number of benzene rings is 2. The Bertz CT molecular complexity index is 1230. The highest BCUT2D eigenvalue weighted by molar-refractivity contribution is 6.46. The number of halogens is 1. The first-order valence-corrected chi connectivity index (χ1v) is 11.2. The third-order valence-electron chi connectivity index (χ3n) is 5.72. The maximum Gasteiger partial charge on any atom is 0.295 e. The molecule has 2 aromatic carbocycles. The van der Waals surface area contributed by atoms with E-state index in [0.29, 0.717) is 17.9 Å². The summed E-state index contributed by atoms with van der Waals surface area (Å²) in [6, 6.07) is 15.0. The van der Waals surface area contributed by atoms with Crippen LogP contribution in [-0.2, 0) is 16.1 Å². The van der Waals surface area contributed by atoms with Crippen LogP contribution >= 0.6 is 0 Å². The molecule has 3 aromatic rings. The molecule has 1 aliphatic rings. The van der Waals surface area contributed by atoms with E-state index < -0.39 is 23.5 Å². The van der Waals surface area contributed by atoms with E-state index in [-0.39, 0.29) is 23.4 Å². The van der Waals surface area contributed by atoms with Crippen molar-refractivity contribution in [1.29, 1.82) is 0 Å². The van der Waals surface area contributed by atoms with E-state index in [4.69, 9.17) is 4.74 Å². The molecule has 1 amide bonds. The van der Waals surface area contributed by atoms with E-state index in [0.717, 1.165) is 18.4 Å². The van der Waals surface area contributed by atoms with Gasteiger partial charge < -0.3 is 14.7 Å². The quantitative estimate of drug-likeness (QED) is 0.221. The molecule has 1 unspecified atom stereocenters. The van der Waals surface area contributed by atoms with Gasteiger partial charge in [-0.25, -0.2) is 4.39 Å². The summed E-state index contributed by atoms with van der Waals surface area (Å²) in [5.41, 5.74) is 1.02. The Kier molecular flexibility index (Phi) is 7.01. The molecular weight excluding hydrogens is 435 g/mol. The average molecular weight is 461 g/mol. The largest absolute Gasteiger partial charge is 0.507 e. The zero-order valence-corrected chi connectivity index (χ0v) is 18.8. The van der Waals surface area contributed by atoms with Gasteiger partial charge in [-0.05, 0) is 42.3 Å². The van der Waals surface area contributed by atoms with Crippen LogP contribution in [0, 0.1) is 5.82 Å². The maximum absolute atomic E-state index is 14.9. The van der Waals surface area contributed by atoms with Crippen molar-refractivity contribution in [2.75, 3.05) is 6.61 Å². The van der Waals surface area contributed by atoms with Crippen molar-refractivity contribution >= 4 is 17.4 Å². The smallest absolute Gasteiger partial charge is 0.295 e. The van der Waals surface area contributed by atoms with E-state index in [2.05, 4.69) is 11.9 Å². The Balaban J connectivity index is 1.80. The number of aliphatic hydroxyl groups is 1. The molecule has 0 radical (unpaired) electrons. The average Bonchev–Trinajstić information content (AvgIpc) is 3.10. The number of ketones is 1. The molecule has 2 heterocycles. The minimum absolute atomic E-state index is 0.0586.